The number of nitrogens with two attached hydrogens (primary N) is 1. The first kappa shape index (κ1) is 15.5. The summed E-state index contributed by atoms with van der Waals surface area (Å²) in [4.78, 5) is 25.8. The molecule has 0 amide bonds. The van der Waals surface area contributed by atoms with Crippen LogP contribution < -0.4 is 16.9 Å². The number of hydrogen-bond acceptors (Lipinski definition) is 6. The Morgan fingerprint density at radius 1 is 1.58 bits per heavy atom. The standard InChI is InChI=1S/C11H17N5O2S/c1-3-11(13,7-12)5-4-6-19-10-14-8(17)9(18)15-16(10)2/h3-6,13H2,1-2H3,(H,15,18). The zero-order chi connectivity index (χ0) is 14.5. The van der Waals surface area contributed by atoms with Gasteiger partial charge < -0.3 is 5.73 Å². The first-order valence-electron chi connectivity index (χ1n) is 5.92. The van der Waals surface area contributed by atoms with Crippen LogP contribution in [0.25, 0.3) is 0 Å². The fourth-order valence-corrected chi connectivity index (χ4v) is 2.31. The Labute approximate surface area is 114 Å². The van der Waals surface area contributed by atoms with Crippen molar-refractivity contribution in [3.05, 3.63) is 20.7 Å². The monoisotopic (exact) mass is 283 g/mol. The van der Waals surface area contributed by atoms with E-state index in [0.29, 0.717) is 23.8 Å². The number of aromatic nitrogens is 3. The molecule has 0 fully saturated rings. The quantitative estimate of drug-likeness (QED) is 0.430. The Morgan fingerprint density at radius 2 is 2.26 bits per heavy atom. The SMILES string of the molecule is CCC(N)(C#N)CCCSc1nc(=O)c(=O)[nH]n1C. The van der Waals surface area contributed by atoms with Gasteiger partial charge in [0.25, 0.3) is 0 Å². The van der Waals surface area contributed by atoms with Gasteiger partial charge >= 0.3 is 11.1 Å². The Hall–Kier alpha value is -1.59. The maximum Gasteiger partial charge on any atom is 0.339 e. The minimum Gasteiger partial charge on any atom is -0.313 e. The number of nitrogens with one attached hydrogen (secondary N) is 1. The maximum absolute atomic E-state index is 11.1. The molecule has 0 aromatic carbocycles. The minimum atomic E-state index is -0.792. The molecule has 3 N–H and O–H groups in total. The zero-order valence-corrected chi connectivity index (χ0v) is 11.8. The van der Waals surface area contributed by atoms with E-state index in [2.05, 4.69) is 16.2 Å². The Kier molecular flexibility index (Phi) is 5.32. The second-order valence-corrected chi connectivity index (χ2v) is 5.34. The van der Waals surface area contributed by atoms with Crippen molar-refractivity contribution in [2.45, 2.75) is 36.9 Å². The highest BCUT2D eigenvalue weighted by Gasteiger charge is 2.21. The van der Waals surface area contributed by atoms with Crippen molar-refractivity contribution in [3.63, 3.8) is 0 Å². The van der Waals surface area contributed by atoms with Crippen LogP contribution in [0.2, 0.25) is 0 Å². The van der Waals surface area contributed by atoms with E-state index in [1.54, 1.807) is 7.05 Å². The first-order chi connectivity index (χ1) is 8.91. The third-order valence-electron chi connectivity index (χ3n) is 2.80. The number of H-pyrrole nitrogens is 1. The zero-order valence-electron chi connectivity index (χ0n) is 11.0. The average molecular weight is 283 g/mol. The van der Waals surface area contributed by atoms with Crippen LogP contribution in [0.5, 0.6) is 0 Å². The molecule has 0 aliphatic heterocycles. The molecule has 1 atom stereocenters. The lowest BCUT2D eigenvalue weighted by molar-refractivity contribution is 0.478. The van der Waals surface area contributed by atoms with E-state index in [1.807, 2.05) is 6.92 Å². The van der Waals surface area contributed by atoms with Crippen molar-refractivity contribution in [1.29, 1.82) is 5.26 Å². The van der Waals surface area contributed by atoms with Crippen molar-refractivity contribution >= 4 is 11.8 Å². The van der Waals surface area contributed by atoms with Crippen molar-refractivity contribution in [1.82, 2.24) is 14.8 Å². The van der Waals surface area contributed by atoms with Crippen molar-refractivity contribution < 1.29 is 0 Å². The first-order valence-corrected chi connectivity index (χ1v) is 6.90. The second-order valence-electron chi connectivity index (χ2n) is 4.27. The minimum absolute atomic E-state index is 0.445. The molecule has 8 heteroatoms. The number of aryl methyl sites for hydroxylation is 1. The molecule has 0 aliphatic carbocycles. The molecular weight excluding hydrogens is 266 g/mol. The van der Waals surface area contributed by atoms with Gasteiger partial charge in [0, 0.05) is 12.8 Å². The third-order valence-corrected chi connectivity index (χ3v) is 3.92. The third kappa shape index (κ3) is 4.22. The molecule has 1 aromatic heterocycles. The van der Waals surface area contributed by atoms with Crippen molar-refractivity contribution in [2.24, 2.45) is 12.8 Å². The summed E-state index contributed by atoms with van der Waals surface area (Å²) in [6.45, 7) is 1.88. The Morgan fingerprint density at radius 3 is 2.84 bits per heavy atom. The van der Waals surface area contributed by atoms with Crippen LogP contribution >= 0.6 is 11.8 Å². The smallest absolute Gasteiger partial charge is 0.313 e. The molecule has 1 heterocycles. The topological polar surface area (TPSA) is 118 Å². The van der Waals surface area contributed by atoms with Crippen LogP contribution in [0, 0.1) is 11.3 Å². The molecule has 0 spiro atoms. The normalized spacial score (nSPS) is 13.8. The van der Waals surface area contributed by atoms with E-state index < -0.39 is 16.7 Å². The van der Waals surface area contributed by atoms with Crippen LogP contribution in [-0.4, -0.2) is 26.1 Å². The maximum atomic E-state index is 11.1. The van der Waals surface area contributed by atoms with E-state index in [1.165, 1.54) is 16.4 Å². The van der Waals surface area contributed by atoms with E-state index in [4.69, 9.17) is 11.0 Å². The summed E-state index contributed by atoms with van der Waals surface area (Å²) in [5.74, 6) is 0.674. The lowest BCUT2D eigenvalue weighted by Crippen LogP contribution is -2.37. The lowest BCUT2D eigenvalue weighted by atomic mass is 9.94. The summed E-state index contributed by atoms with van der Waals surface area (Å²) in [5, 5.41) is 11.8. The number of thioether (sulfide) groups is 1. The van der Waals surface area contributed by atoms with Crippen LogP contribution in [0.3, 0.4) is 0 Å². The molecule has 1 aromatic rings. The Balaban J connectivity index is 2.56. The van der Waals surface area contributed by atoms with Crippen LogP contribution in [-0.2, 0) is 7.05 Å². The van der Waals surface area contributed by atoms with Gasteiger partial charge in [-0.2, -0.15) is 10.2 Å². The molecule has 104 valence electrons. The van der Waals surface area contributed by atoms with Crippen molar-refractivity contribution in [3.8, 4) is 6.07 Å². The fraction of sp³-hybridized carbons (Fsp3) is 0.636. The van der Waals surface area contributed by atoms with E-state index in [9.17, 15) is 9.59 Å². The molecular formula is C11H17N5O2S. The molecule has 0 saturated carbocycles. The summed E-state index contributed by atoms with van der Waals surface area (Å²) in [5.41, 5.74) is 3.55. The van der Waals surface area contributed by atoms with E-state index >= 15 is 0 Å². The number of nitrogens with zero attached hydrogens (tertiary/aromatic N) is 3. The van der Waals surface area contributed by atoms with Gasteiger partial charge in [-0.05, 0) is 19.3 Å². The molecule has 1 rings (SSSR count). The predicted molar refractivity (Wildman–Crippen MR) is 72.9 cm³/mol. The molecule has 0 saturated heterocycles. The van der Waals surface area contributed by atoms with Crippen LogP contribution in [0.1, 0.15) is 26.2 Å². The number of aromatic amines is 1. The number of rotatable bonds is 6. The van der Waals surface area contributed by atoms with Gasteiger partial charge in [0.2, 0.25) is 0 Å². The van der Waals surface area contributed by atoms with Gasteiger partial charge in [-0.15, -0.1) is 0 Å². The van der Waals surface area contributed by atoms with E-state index in [-0.39, 0.29) is 0 Å². The molecule has 0 aliphatic rings. The molecule has 0 radical (unpaired) electrons. The molecule has 1 unspecified atom stereocenters. The number of hydrogen-bond donors (Lipinski definition) is 2. The summed E-state index contributed by atoms with van der Waals surface area (Å²) in [6, 6.07) is 2.10. The molecule has 7 nitrogen and oxygen atoms in total. The van der Waals surface area contributed by atoms with E-state index in [0.717, 1.165) is 6.42 Å². The summed E-state index contributed by atoms with van der Waals surface area (Å²) >= 11 is 1.35. The van der Waals surface area contributed by atoms with Gasteiger partial charge in [0.1, 0.15) is 5.54 Å². The largest absolute Gasteiger partial charge is 0.339 e. The highest BCUT2D eigenvalue weighted by Crippen LogP contribution is 2.18. The van der Waals surface area contributed by atoms with Gasteiger partial charge in [0.05, 0.1) is 6.07 Å². The predicted octanol–water partition coefficient (Wildman–Crippen LogP) is -0.0280. The summed E-state index contributed by atoms with van der Waals surface area (Å²) in [7, 11) is 1.62. The molecule has 0 bridgehead atoms. The van der Waals surface area contributed by atoms with Crippen molar-refractivity contribution in [2.75, 3.05) is 5.75 Å². The fourth-order valence-electron chi connectivity index (χ4n) is 1.45. The Bertz CT molecular complexity index is 588. The van der Waals surface area contributed by atoms with Crippen LogP contribution in [0.4, 0.5) is 0 Å². The highest BCUT2D eigenvalue weighted by atomic mass is 32.2. The van der Waals surface area contributed by atoms with Gasteiger partial charge in [-0.3, -0.25) is 19.4 Å². The highest BCUT2D eigenvalue weighted by molar-refractivity contribution is 7.99. The summed E-state index contributed by atoms with van der Waals surface area (Å²) < 4.78 is 1.41. The van der Waals surface area contributed by atoms with Crippen LogP contribution in [0.15, 0.2) is 14.7 Å². The second kappa shape index (κ2) is 6.54. The van der Waals surface area contributed by atoms with Gasteiger partial charge in [-0.25, -0.2) is 0 Å². The number of nitriles is 1. The molecule has 19 heavy (non-hydrogen) atoms. The average Bonchev–Trinajstić information content (AvgIpc) is 2.40. The summed E-state index contributed by atoms with van der Waals surface area (Å²) in [6.07, 6.45) is 1.92. The van der Waals surface area contributed by atoms with Gasteiger partial charge in [-0.1, -0.05) is 18.7 Å². The lowest BCUT2D eigenvalue weighted by Gasteiger charge is -2.18. The van der Waals surface area contributed by atoms with Gasteiger partial charge in [0.15, 0.2) is 5.16 Å².